The minimum atomic E-state index is -0.427. The maximum absolute atomic E-state index is 13.9. The van der Waals surface area contributed by atoms with Gasteiger partial charge in [0.25, 0.3) is 12.2 Å². The van der Waals surface area contributed by atoms with Crippen molar-refractivity contribution in [3.8, 4) is 0 Å². The molecule has 2 N–H and O–H groups in total. The van der Waals surface area contributed by atoms with E-state index in [-0.39, 0.29) is 23.9 Å². The van der Waals surface area contributed by atoms with E-state index >= 15 is 0 Å². The maximum atomic E-state index is 13.9. The molecular formula is C35H40FN6O2+. The Morgan fingerprint density at radius 1 is 1.00 bits per heavy atom. The monoisotopic (exact) mass is 595 g/mol. The quantitative estimate of drug-likeness (QED) is 0.234. The summed E-state index contributed by atoms with van der Waals surface area (Å²) in [4.78, 5) is 25.3. The van der Waals surface area contributed by atoms with Crippen LogP contribution in [0.4, 0.5) is 15.9 Å². The number of benzene rings is 3. The third-order valence-electron chi connectivity index (χ3n) is 8.84. The zero-order valence-corrected chi connectivity index (χ0v) is 25.1. The molecule has 1 aromatic heterocycles. The fourth-order valence-corrected chi connectivity index (χ4v) is 6.68. The third-order valence-corrected chi connectivity index (χ3v) is 8.84. The van der Waals surface area contributed by atoms with Crippen LogP contribution in [0.25, 0.3) is 0 Å². The number of nitrogens with zero attached hydrogens (tertiary/aromatic N) is 5. The first-order valence-electron chi connectivity index (χ1n) is 15.4. The predicted octanol–water partition coefficient (Wildman–Crippen LogP) is 5.39. The summed E-state index contributed by atoms with van der Waals surface area (Å²) in [7, 11) is 2.16. The van der Waals surface area contributed by atoms with Crippen molar-refractivity contribution in [2.75, 3.05) is 31.6 Å². The van der Waals surface area contributed by atoms with Crippen molar-refractivity contribution in [2.45, 2.75) is 50.7 Å². The van der Waals surface area contributed by atoms with Gasteiger partial charge in [-0.3, -0.25) is 9.69 Å². The summed E-state index contributed by atoms with van der Waals surface area (Å²) in [6.45, 7) is 3.21. The van der Waals surface area contributed by atoms with Crippen molar-refractivity contribution in [3.05, 3.63) is 120 Å². The number of anilines is 1. The number of likely N-dealkylation sites (tertiary alicyclic amines) is 1. The summed E-state index contributed by atoms with van der Waals surface area (Å²) in [6.07, 6.45) is 6.03. The smallest absolute Gasteiger partial charge is 0.284 e. The Labute approximate surface area is 258 Å². The lowest BCUT2D eigenvalue weighted by molar-refractivity contribution is -0.118. The zero-order chi connectivity index (χ0) is 30.5. The van der Waals surface area contributed by atoms with Crippen molar-refractivity contribution in [1.29, 1.82) is 0 Å². The van der Waals surface area contributed by atoms with Crippen LogP contribution < -0.4 is 15.1 Å². The number of quaternary nitrogens is 1. The van der Waals surface area contributed by atoms with E-state index in [0.29, 0.717) is 17.4 Å². The molecule has 2 unspecified atom stereocenters. The van der Waals surface area contributed by atoms with E-state index in [1.54, 1.807) is 6.33 Å². The van der Waals surface area contributed by atoms with Crippen molar-refractivity contribution in [3.63, 3.8) is 0 Å². The molecule has 2 aliphatic rings. The zero-order valence-electron chi connectivity index (χ0n) is 25.1. The molecule has 2 aliphatic heterocycles. The normalized spacial score (nSPS) is 20.6. The van der Waals surface area contributed by atoms with E-state index in [1.165, 1.54) is 12.1 Å². The van der Waals surface area contributed by atoms with Crippen molar-refractivity contribution in [1.82, 2.24) is 19.4 Å². The standard InChI is InChI=1S/C35H39FN6O2/c1-42(24-26-14-16-29(36)17-15-26)34-31(23-38-25-39-34)41(33(27-9-4-2-5-10-27)28-11-6-3-7-12-28)35(42)44-30-18-21-40(22-19-30)20-8-13-32(37)43/h2-7,9-12,14-17,23,25,30,33,35H,8,13,18-22,24H2,1H3,(H-,37,43)/p+1. The van der Waals surface area contributed by atoms with E-state index in [4.69, 9.17) is 15.5 Å². The molecule has 8 nitrogen and oxygen atoms in total. The molecule has 6 rings (SSSR count). The van der Waals surface area contributed by atoms with Gasteiger partial charge in [-0.15, -0.1) is 0 Å². The lowest BCUT2D eigenvalue weighted by atomic mass is 9.97. The first kappa shape index (κ1) is 29.9. The topological polar surface area (TPSA) is 84.6 Å². The molecular weight excluding hydrogens is 555 g/mol. The van der Waals surface area contributed by atoms with Gasteiger partial charge in [-0.2, -0.15) is 4.98 Å². The van der Waals surface area contributed by atoms with Crippen LogP contribution in [0.2, 0.25) is 0 Å². The highest BCUT2D eigenvalue weighted by Gasteiger charge is 2.55. The number of hydrogen-bond acceptors (Lipinski definition) is 6. The molecule has 1 amide bonds. The molecule has 4 aromatic rings. The highest BCUT2D eigenvalue weighted by atomic mass is 19.1. The van der Waals surface area contributed by atoms with Crippen LogP contribution in [-0.4, -0.2) is 59.9 Å². The number of piperidine rings is 1. The van der Waals surface area contributed by atoms with E-state index in [1.807, 2.05) is 30.5 Å². The number of rotatable bonds is 11. The summed E-state index contributed by atoms with van der Waals surface area (Å²) in [5.74, 6) is 0.359. The third kappa shape index (κ3) is 6.36. The number of nitrogens with two attached hydrogens (primary N) is 1. The Kier molecular flexibility index (Phi) is 8.97. The lowest BCUT2D eigenvalue weighted by Crippen LogP contribution is -2.60. The minimum absolute atomic E-state index is 0.0232. The number of halogens is 1. The van der Waals surface area contributed by atoms with Crippen LogP contribution in [0.5, 0.6) is 0 Å². The minimum Gasteiger partial charge on any atom is -0.370 e. The van der Waals surface area contributed by atoms with Gasteiger partial charge in [-0.05, 0) is 49.1 Å². The Hall–Kier alpha value is -4.18. The van der Waals surface area contributed by atoms with Crippen molar-refractivity contribution in [2.24, 2.45) is 5.73 Å². The highest BCUT2D eigenvalue weighted by Crippen LogP contribution is 2.49. The number of ether oxygens (including phenoxy) is 1. The molecule has 0 aliphatic carbocycles. The number of carbonyl (C=O) groups is 1. The summed E-state index contributed by atoms with van der Waals surface area (Å²) in [5.41, 5.74) is 9.55. The fourth-order valence-electron chi connectivity index (χ4n) is 6.68. The van der Waals surface area contributed by atoms with Gasteiger partial charge in [0, 0.05) is 25.1 Å². The second-order valence-corrected chi connectivity index (χ2v) is 12.0. The van der Waals surface area contributed by atoms with Gasteiger partial charge >= 0.3 is 0 Å². The molecule has 1 saturated heterocycles. The second kappa shape index (κ2) is 13.2. The van der Waals surface area contributed by atoms with Gasteiger partial charge in [-0.1, -0.05) is 72.8 Å². The first-order chi connectivity index (χ1) is 21.4. The molecule has 0 spiro atoms. The fraction of sp³-hybridized carbons (Fsp3) is 0.343. The number of aromatic nitrogens is 2. The van der Waals surface area contributed by atoms with E-state index in [2.05, 4.69) is 70.4 Å². The van der Waals surface area contributed by atoms with Crippen LogP contribution in [0.3, 0.4) is 0 Å². The molecule has 3 aromatic carbocycles. The largest absolute Gasteiger partial charge is 0.370 e. The molecule has 9 heteroatoms. The average molecular weight is 596 g/mol. The Morgan fingerprint density at radius 3 is 2.25 bits per heavy atom. The first-order valence-corrected chi connectivity index (χ1v) is 15.4. The average Bonchev–Trinajstić information content (AvgIpc) is 3.27. The van der Waals surface area contributed by atoms with Crippen LogP contribution in [0, 0.1) is 5.82 Å². The highest BCUT2D eigenvalue weighted by molar-refractivity contribution is 5.73. The molecule has 2 atom stereocenters. The lowest BCUT2D eigenvalue weighted by Gasteiger charge is -2.43. The SMILES string of the molecule is C[N+]1(Cc2ccc(F)cc2)c2ncncc2N(C(c2ccccc2)c2ccccc2)C1OC1CCN(CCCC(N)=O)CC1. The summed E-state index contributed by atoms with van der Waals surface area (Å²) >= 11 is 0. The summed E-state index contributed by atoms with van der Waals surface area (Å²) < 4.78 is 21.5. The van der Waals surface area contributed by atoms with E-state index in [0.717, 1.165) is 67.1 Å². The number of amides is 1. The van der Waals surface area contributed by atoms with Gasteiger partial charge in [-0.25, -0.2) is 13.9 Å². The van der Waals surface area contributed by atoms with Crippen LogP contribution >= 0.6 is 0 Å². The molecule has 0 bridgehead atoms. The van der Waals surface area contributed by atoms with Gasteiger partial charge in [0.15, 0.2) is 0 Å². The van der Waals surface area contributed by atoms with Crippen LogP contribution in [0.1, 0.15) is 48.4 Å². The molecule has 3 heterocycles. The van der Waals surface area contributed by atoms with Crippen LogP contribution in [-0.2, 0) is 16.1 Å². The molecule has 44 heavy (non-hydrogen) atoms. The molecule has 1 fully saturated rings. The summed E-state index contributed by atoms with van der Waals surface area (Å²) in [5, 5.41) is 0. The molecule has 0 saturated carbocycles. The molecule has 228 valence electrons. The van der Waals surface area contributed by atoms with Gasteiger partial charge in [0.2, 0.25) is 5.91 Å². The van der Waals surface area contributed by atoms with Crippen molar-refractivity contribution >= 4 is 17.4 Å². The van der Waals surface area contributed by atoms with Gasteiger partial charge in [0.1, 0.15) is 24.4 Å². The number of carbonyl (C=O) groups excluding carboxylic acids is 1. The van der Waals surface area contributed by atoms with Gasteiger partial charge in [0.05, 0.1) is 25.4 Å². The Morgan fingerprint density at radius 2 is 1.64 bits per heavy atom. The predicted molar refractivity (Wildman–Crippen MR) is 170 cm³/mol. The van der Waals surface area contributed by atoms with Crippen molar-refractivity contribution < 1.29 is 13.9 Å². The maximum Gasteiger partial charge on any atom is 0.284 e. The molecule has 0 radical (unpaired) electrons. The van der Waals surface area contributed by atoms with E-state index in [9.17, 15) is 9.18 Å². The number of fused-ring (bicyclic) bond motifs is 1. The van der Waals surface area contributed by atoms with E-state index < -0.39 is 6.35 Å². The summed E-state index contributed by atoms with van der Waals surface area (Å²) in [6, 6.07) is 27.5. The second-order valence-electron chi connectivity index (χ2n) is 12.0. The Bertz CT molecular complexity index is 1490. The van der Waals surface area contributed by atoms with Crippen LogP contribution in [0.15, 0.2) is 97.5 Å². The number of primary amides is 1. The number of hydrogen-bond donors (Lipinski definition) is 1. The van der Waals surface area contributed by atoms with Gasteiger partial charge < -0.3 is 15.4 Å². The Balaban J connectivity index is 1.38.